The van der Waals surface area contributed by atoms with E-state index in [1.54, 1.807) is 24.1 Å². The molecule has 1 fully saturated rings. The van der Waals surface area contributed by atoms with E-state index in [-0.39, 0.29) is 17.3 Å². The SMILES string of the molecule is CCCCN1C(=O)C(=O)/C(=C(\O)c2ccc(OC)c(C(C)C)c2)C1c1ccc(OCCC)cc1. The summed E-state index contributed by atoms with van der Waals surface area (Å²) in [4.78, 5) is 27.8. The lowest BCUT2D eigenvalue weighted by Gasteiger charge is -2.25. The lowest BCUT2D eigenvalue weighted by Crippen LogP contribution is -2.30. The molecular formula is C28H35NO5. The Morgan fingerprint density at radius 2 is 1.76 bits per heavy atom. The standard InChI is InChI=1S/C28H35NO5/c1-6-8-15-29-25(19-9-12-21(13-10-19)34-16-7-2)24(27(31)28(29)32)26(30)20-11-14-23(33-5)22(17-20)18(3)4/h9-14,17-18,25,30H,6-8,15-16H2,1-5H3/b26-24-. The molecule has 0 spiro atoms. The van der Waals surface area contributed by atoms with Crippen LogP contribution in [0.4, 0.5) is 0 Å². The molecule has 6 nitrogen and oxygen atoms in total. The van der Waals surface area contributed by atoms with Crippen molar-refractivity contribution in [3.63, 3.8) is 0 Å². The first kappa shape index (κ1) is 25.3. The molecule has 0 aromatic heterocycles. The fourth-order valence-electron chi connectivity index (χ4n) is 4.24. The zero-order valence-electron chi connectivity index (χ0n) is 20.8. The van der Waals surface area contributed by atoms with Gasteiger partial charge in [0.1, 0.15) is 17.3 Å². The number of aliphatic hydroxyl groups excluding tert-OH is 1. The van der Waals surface area contributed by atoms with Crippen molar-refractivity contribution in [2.75, 3.05) is 20.3 Å². The molecule has 182 valence electrons. The molecule has 1 amide bonds. The van der Waals surface area contributed by atoms with Gasteiger partial charge < -0.3 is 19.5 Å². The van der Waals surface area contributed by atoms with Crippen LogP contribution in [0.3, 0.4) is 0 Å². The second kappa shape index (κ2) is 11.2. The van der Waals surface area contributed by atoms with Crippen LogP contribution in [-0.2, 0) is 9.59 Å². The number of hydrogen-bond acceptors (Lipinski definition) is 5. The number of carbonyl (C=O) groups excluding carboxylic acids is 2. The van der Waals surface area contributed by atoms with Crippen LogP contribution in [0.25, 0.3) is 5.76 Å². The summed E-state index contributed by atoms with van der Waals surface area (Å²) in [6.07, 6.45) is 2.55. The highest BCUT2D eigenvalue weighted by Crippen LogP contribution is 2.41. The Bertz CT molecular complexity index is 1050. The van der Waals surface area contributed by atoms with Crippen LogP contribution in [-0.4, -0.2) is 42.0 Å². The Balaban J connectivity index is 2.12. The van der Waals surface area contributed by atoms with Crippen molar-refractivity contribution in [1.29, 1.82) is 0 Å². The Labute approximate surface area is 202 Å². The van der Waals surface area contributed by atoms with Gasteiger partial charge in [-0.1, -0.05) is 46.2 Å². The molecule has 34 heavy (non-hydrogen) atoms. The molecule has 1 atom stereocenters. The molecular weight excluding hydrogens is 430 g/mol. The van der Waals surface area contributed by atoms with Crippen LogP contribution in [0.15, 0.2) is 48.0 Å². The molecule has 0 aliphatic carbocycles. The van der Waals surface area contributed by atoms with Crippen molar-refractivity contribution in [3.05, 3.63) is 64.7 Å². The van der Waals surface area contributed by atoms with E-state index >= 15 is 0 Å². The summed E-state index contributed by atoms with van der Waals surface area (Å²) in [5.41, 5.74) is 2.29. The first-order valence-corrected chi connectivity index (χ1v) is 12.0. The number of ether oxygens (including phenoxy) is 2. The average molecular weight is 466 g/mol. The summed E-state index contributed by atoms with van der Waals surface area (Å²) in [6, 6.07) is 12.1. The number of unbranched alkanes of at least 4 members (excludes halogenated alkanes) is 1. The number of aliphatic hydroxyl groups is 1. The minimum absolute atomic E-state index is 0.114. The lowest BCUT2D eigenvalue weighted by atomic mass is 9.93. The number of likely N-dealkylation sites (tertiary alicyclic amines) is 1. The second-order valence-electron chi connectivity index (χ2n) is 8.87. The third-order valence-electron chi connectivity index (χ3n) is 6.09. The van der Waals surface area contributed by atoms with Gasteiger partial charge in [0.2, 0.25) is 0 Å². The molecule has 3 rings (SSSR count). The topological polar surface area (TPSA) is 76.1 Å². The second-order valence-corrected chi connectivity index (χ2v) is 8.87. The van der Waals surface area contributed by atoms with Crippen molar-refractivity contribution >= 4 is 17.4 Å². The number of nitrogens with zero attached hydrogens (tertiary/aromatic N) is 1. The van der Waals surface area contributed by atoms with Gasteiger partial charge in [-0.25, -0.2) is 0 Å². The molecule has 0 bridgehead atoms. The van der Waals surface area contributed by atoms with Crippen LogP contribution in [0.1, 0.15) is 75.6 Å². The molecule has 1 unspecified atom stereocenters. The Morgan fingerprint density at radius 1 is 1.06 bits per heavy atom. The minimum atomic E-state index is -0.660. The van der Waals surface area contributed by atoms with Gasteiger partial charge in [0.15, 0.2) is 0 Å². The number of methoxy groups -OCH3 is 1. The highest BCUT2D eigenvalue weighted by molar-refractivity contribution is 6.46. The van der Waals surface area contributed by atoms with E-state index in [1.807, 2.05) is 58.0 Å². The van der Waals surface area contributed by atoms with Crippen molar-refractivity contribution < 1.29 is 24.2 Å². The van der Waals surface area contributed by atoms with E-state index in [1.165, 1.54) is 0 Å². The number of Topliss-reactive ketones (excluding diaryl/α,β-unsaturated/α-hetero) is 1. The molecule has 2 aromatic rings. The number of rotatable bonds is 10. The highest BCUT2D eigenvalue weighted by Gasteiger charge is 2.45. The molecule has 1 saturated heterocycles. The maximum absolute atomic E-state index is 13.2. The first-order valence-electron chi connectivity index (χ1n) is 12.0. The molecule has 0 saturated carbocycles. The lowest BCUT2D eigenvalue weighted by molar-refractivity contribution is -0.139. The fourth-order valence-corrected chi connectivity index (χ4v) is 4.24. The predicted molar refractivity (Wildman–Crippen MR) is 133 cm³/mol. The van der Waals surface area contributed by atoms with Gasteiger partial charge in [-0.15, -0.1) is 0 Å². The maximum Gasteiger partial charge on any atom is 0.295 e. The van der Waals surface area contributed by atoms with Crippen LogP contribution in [0, 0.1) is 0 Å². The molecule has 1 aliphatic rings. The molecule has 1 heterocycles. The minimum Gasteiger partial charge on any atom is -0.507 e. The van der Waals surface area contributed by atoms with E-state index in [0.717, 1.165) is 36.1 Å². The molecule has 2 aromatic carbocycles. The number of amides is 1. The molecule has 1 N–H and O–H groups in total. The summed E-state index contributed by atoms with van der Waals surface area (Å²) in [7, 11) is 1.61. The Hall–Kier alpha value is -3.28. The number of ketones is 1. The Morgan fingerprint density at radius 3 is 2.35 bits per heavy atom. The number of carbonyl (C=O) groups is 2. The molecule has 0 radical (unpaired) electrons. The van der Waals surface area contributed by atoms with Gasteiger partial charge in [0.05, 0.1) is 25.3 Å². The smallest absolute Gasteiger partial charge is 0.295 e. The predicted octanol–water partition coefficient (Wildman–Crippen LogP) is 5.83. The van der Waals surface area contributed by atoms with Crippen molar-refractivity contribution in [1.82, 2.24) is 4.90 Å². The average Bonchev–Trinajstić information content (AvgIpc) is 3.10. The van der Waals surface area contributed by atoms with Crippen LogP contribution < -0.4 is 9.47 Å². The van der Waals surface area contributed by atoms with Gasteiger partial charge >= 0.3 is 0 Å². The van der Waals surface area contributed by atoms with E-state index in [9.17, 15) is 14.7 Å². The van der Waals surface area contributed by atoms with E-state index in [0.29, 0.717) is 24.5 Å². The van der Waals surface area contributed by atoms with Gasteiger partial charge in [0.25, 0.3) is 11.7 Å². The van der Waals surface area contributed by atoms with Crippen LogP contribution in [0.2, 0.25) is 0 Å². The monoisotopic (exact) mass is 465 g/mol. The quantitative estimate of drug-likeness (QED) is 0.271. The number of hydrogen-bond donors (Lipinski definition) is 1. The highest BCUT2D eigenvalue weighted by atomic mass is 16.5. The first-order chi connectivity index (χ1) is 16.3. The summed E-state index contributed by atoms with van der Waals surface area (Å²) in [5.74, 6) is 0.192. The van der Waals surface area contributed by atoms with Gasteiger partial charge in [0, 0.05) is 12.1 Å². The van der Waals surface area contributed by atoms with E-state index in [2.05, 4.69) is 0 Å². The van der Waals surface area contributed by atoms with E-state index < -0.39 is 17.7 Å². The summed E-state index contributed by atoms with van der Waals surface area (Å²) in [6.45, 7) is 9.21. The van der Waals surface area contributed by atoms with E-state index in [4.69, 9.17) is 9.47 Å². The zero-order chi connectivity index (χ0) is 24.8. The molecule has 1 aliphatic heterocycles. The Kier molecular flexibility index (Phi) is 8.37. The summed E-state index contributed by atoms with van der Waals surface area (Å²) < 4.78 is 11.1. The van der Waals surface area contributed by atoms with Crippen LogP contribution in [0.5, 0.6) is 11.5 Å². The van der Waals surface area contributed by atoms with Gasteiger partial charge in [-0.2, -0.15) is 0 Å². The maximum atomic E-state index is 13.2. The third kappa shape index (κ3) is 5.11. The number of benzene rings is 2. The third-order valence-corrected chi connectivity index (χ3v) is 6.09. The molecule has 6 heteroatoms. The van der Waals surface area contributed by atoms with Gasteiger partial charge in [-0.3, -0.25) is 9.59 Å². The fraction of sp³-hybridized carbons (Fsp3) is 0.429. The van der Waals surface area contributed by atoms with Gasteiger partial charge in [-0.05, 0) is 60.2 Å². The summed E-state index contributed by atoms with van der Waals surface area (Å²) in [5, 5.41) is 11.3. The zero-order valence-corrected chi connectivity index (χ0v) is 20.8. The largest absolute Gasteiger partial charge is 0.507 e. The summed E-state index contributed by atoms with van der Waals surface area (Å²) >= 11 is 0. The van der Waals surface area contributed by atoms with Crippen molar-refractivity contribution in [2.24, 2.45) is 0 Å². The van der Waals surface area contributed by atoms with Crippen molar-refractivity contribution in [3.8, 4) is 11.5 Å². The normalized spacial score (nSPS) is 17.5. The van der Waals surface area contributed by atoms with Crippen LogP contribution >= 0.6 is 0 Å². The van der Waals surface area contributed by atoms with Crippen molar-refractivity contribution in [2.45, 2.75) is 58.9 Å².